The molecule has 25 heavy (non-hydrogen) atoms. The standard InChI is InChI=1S/C18H21F2N3O2/c1-10-5-23(4)15(25)12-11(6-22(3)13(10)12)14(24)21-18-7-17(8-18,9-18)16(2,19)20/h5-6H,7-9H2,1-4H3,(H,21,24). The zero-order valence-electron chi connectivity index (χ0n) is 14.7. The molecular weight excluding hydrogens is 328 g/mol. The molecule has 0 radical (unpaired) electrons. The van der Waals surface area contributed by atoms with E-state index in [0.29, 0.717) is 30.2 Å². The Morgan fingerprint density at radius 3 is 2.36 bits per heavy atom. The molecule has 5 nitrogen and oxygen atoms in total. The fourth-order valence-electron chi connectivity index (χ4n) is 4.77. The van der Waals surface area contributed by atoms with Crippen molar-refractivity contribution in [3.05, 3.63) is 33.9 Å². The minimum atomic E-state index is -2.72. The van der Waals surface area contributed by atoms with E-state index in [9.17, 15) is 18.4 Å². The van der Waals surface area contributed by atoms with Crippen molar-refractivity contribution in [2.45, 2.75) is 44.6 Å². The third-order valence-electron chi connectivity index (χ3n) is 6.06. The van der Waals surface area contributed by atoms with Gasteiger partial charge in [-0.3, -0.25) is 9.59 Å². The molecule has 3 fully saturated rings. The van der Waals surface area contributed by atoms with Gasteiger partial charge in [-0.15, -0.1) is 0 Å². The van der Waals surface area contributed by atoms with Gasteiger partial charge in [0.15, 0.2) is 0 Å². The first-order chi connectivity index (χ1) is 11.5. The maximum absolute atomic E-state index is 13.6. The molecular formula is C18H21F2N3O2. The van der Waals surface area contributed by atoms with Crippen molar-refractivity contribution >= 4 is 16.8 Å². The Morgan fingerprint density at radius 2 is 1.80 bits per heavy atom. The molecule has 7 heteroatoms. The zero-order valence-corrected chi connectivity index (χ0v) is 14.7. The van der Waals surface area contributed by atoms with Crippen LogP contribution in [0.25, 0.3) is 10.9 Å². The number of aromatic nitrogens is 2. The van der Waals surface area contributed by atoms with Crippen molar-refractivity contribution in [3.8, 4) is 0 Å². The van der Waals surface area contributed by atoms with Crippen molar-refractivity contribution in [1.82, 2.24) is 14.5 Å². The van der Waals surface area contributed by atoms with E-state index in [2.05, 4.69) is 5.32 Å². The monoisotopic (exact) mass is 349 g/mol. The van der Waals surface area contributed by atoms with Crippen molar-refractivity contribution in [1.29, 1.82) is 0 Å². The Kier molecular flexibility index (Phi) is 2.94. The Balaban J connectivity index is 1.66. The van der Waals surface area contributed by atoms with Gasteiger partial charge in [0, 0.05) is 37.4 Å². The van der Waals surface area contributed by atoms with Crippen LogP contribution in [0.3, 0.4) is 0 Å². The fourth-order valence-corrected chi connectivity index (χ4v) is 4.77. The molecule has 0 atom stereocenters. The number of hydrogen-bond acceptors (Lipinski definition) is 2. The smallest absolute Gasteiger partial charge is 0.260 e. The number of amides is 1. The molecule has 134 valence electrons. The Hall–Kier alpha value is -2.18. The molecule has 0 spiro atoms. The molecule has 2 aromatic heterocycles. The number of rotatable bonds is 3. The van der Waals surface area contributed by atoms with Gasteiger partial charge in [0.2, 0.25) is 0 Å². The molecule has 0 saturated heterocycles. The molecule has 0 aliphatic heterocycles. The predicted octanol–water partition coefficient (Wildman–Crippen LogP) is 2.49. The number of fused-ring (bicyclic) bond motifs is 1. The van der Waals surface area contributed by atoms with E-state index in [0.717, 1.165) is 18.0 Å². The topological polar surface area (TPSA) is 56.0 Å². The number of nitrogens with one attached hydrogen (secondary N) is 1. The number of pyridine rings is 1. The summed E-state index contributed by atoms with van der Waals surface area (Å²) in [6, 6.07) is 0. The van der Waals surface area contributed by atoms with E-state index in [-0.39, 0.29) is 11.5 Å². The van der Waals surface area contributed by atoms with Gasteiger partial charge < -0.3 is 14.5 Å². The number of nitrogens with zero attached hydrogens (tertiary/aromatic N) is 2. The van der Waals surface area contributed by atoms with E-state index in [1.807, 2.05) is 6.92 Å². The molecule has 1 N–H and O–H groups in total. The SMILES string of the molecule is Cc1cn(C)c(=O)c2c(C(=O)NC34CC(C(C)(F)F)(C3)C4)cn(C)c12. The van der Waals surface area contributed by atoms with Crippen LogP contribution in [0.15, 0.2) is 17.2 Å². The van der Waals surface area contributed by atoms with E-state index < -0.39 is 16.9 Å². The number of carbonyl (C=O) groups is 1. The summed E-state index contributed by atoms with van der Waals surface area (Å²) < 4.78 is 30.5. The van der Waals surface area contributed by atoms with Crippen LogP contribution >= 0.6 is 0 Å². The molecule has 3 aliphatic rings. The zero-order chi connectivity index (χ0) is 18.4. The van der Waals surface area contributed by atoms with Gasteiger partial charge in [0.25, 0.3) is 17.4 Å². The highest BCUT2D eigenvalue weighted by atomic mass is 19.3. The van der Waals surface area contributed by atoms with E-state index >= 15 is 0 Å². The maximum atomic E-state index is 13.6. The highest BCUT2D eigenvalue weighted by Gasteiger charge is 2.76. The first-order valence-corrected chi connectivity index (χ1v) is 8.34. The van der Waals surface area contributed by atoms with Gasteiger partial charge >= 0.3 is 0 Å². The number of carbonyl (C=O) groups excluding carboxylic acids is 1. The number of hydrogen-bond donors (Lipinski definition) is 1. The molecule has 0 unspecified atom stereocenters. The molecule has 0 aromatic carbocycles. The van der Waals surface area contributed by atoms with Crippen LogP contribution in [-0.2, 0) is 14.1 Å². The lowest BCUT2D eigenvalue weighted by Gasteiger charge is -2.72. The van der Waals surface area contributed by atoms with Crippen molar-refractivity contribution in [3.63, 3.8) is 0 Å². The first kappa shape index (κ1) is 16.3. The lowest BCUT2D eigenvalue weighted by molar-refractivity contribution is -0.273. The van der Waals surface area contributed by atoms with Crippen LogP contribution in [0.1, 0.15) is 42.1 Å². The second-order valence-corrected chi connectivity index (χ2v) is 8.04. The molecule has 3 aliphatic carbocycles. The minimum absolute atomic E-state index is 0.236. The average molecular weight is 349 g/mol. The second kappa shape index (κ2) is 4.51. The quantitative estimate of drug-likeness (QED) is 0.926. The van der Waals surface area contributed by atoms with Gasteiger partial charge in [-0.05, 0) is 38.7 Å². The van der Waals surface area contributed by atoms with Crippen molar-refractivity contribution in [2.75, 3.05) is 0 Å². The molecule has 2 heterocycles. The Bertz CT molecular complexity index is 961. The molecule has 3 saturated carbocycles. The molecule has 1 amide bonds. The van der Waals surface area contributed by atoms with Crippen LogP contribution in [0.5, 0.6) is 0 Å². The van der Waals surface area contributed by atoms with Crippen molar-refractivity contribution in [2.24, 2.45) is 19.5 Å². The molecule has 2 bridgehead atoms. The summed E-state index contributed by atoms with van der Waals surface area (Å²) in [5.74, 6) is -3.08. The highest BCUT2D eigenvalue weighted by Crippen LogP contribution is 2.72. The van der Waals surface area contributed by atoms with Gasteiger partial charge in [-0.1, -0.05) is 0 Å². The van der Waals surface area contributed by atoms with E-state index in [4.69, 9.17) is 0 Å². The fraction of sp³-hybridized carbons (Fsp3) is 0.556. The summed E-state index contributed by atoms with van der Waals surface area (Å²) >= 11 is 0. The Morgan fingerprint density at radius 1 is 1.20 bits per heavy atom. The van der Waals surface area contributed by atoms with Gasteiger partial charge in [0.1, 0.15) is 0 Å². The number of halogens is 2. The average Bonchev–Trinajstić information content (AvgIpc) is 2.75. The van der Waals surface area contributed by atoms with E-state index in [1.54, 1.807) is 31.1 Å². The summed E-state index contributed by atoms with van der Waals surface area (Å²) in [6.07, 6.45) is 4.29. The van der Waals surface area contributed by atoms with Gasteiger partial charge in [-0.2, -0.15) is 0 Å². The highest BCUT2D eigenvalue weighted by molar-refractivity contribution is 6.07. The first-order valence-electron chi connectivity index (χ1n) is 8.34. The van der Waals surface area contributed by atoms with Crippen LogP contribution in [-0.4, -0.2) is 26.5 Å². The second-order valence-electron chi connectivity index (χ2n) is 8.04. The van der Waals surface area contributed by atoms with E-state index in [1.165, 1.54) is 4.57 Å². The summed E-state index contributed by atoms with van der Waals surface area (Å²) in [4.78, 5) is 25.3. The van der Waals surface area contributed by atoms with Gasteiger partial charge in [0.05, 0.1) is 16.5 Å². The van der Waals surface area contributed by atoms with Crippen LogP contribution in [0.4, 0.5) is 8.78 Å². The van der Waals surface area contributed by atoms with Crippen LogP contribution in [0.2, 0.25) is 0 Å². The summed E-state index contributed by atoms with van der Waals surface area (Å²) in [6.45, 7) is 2.84. The predicted molar refractivity (Wildman–Crippen MR) is 90.0 cm³/mol. The summed E-state index contributed by atoms with van der Waals surface area (Å²) in [5.41, 5.74) is 0.208. The van der Waals surface area contributed by atoms with Crippen LogP contribution < -0.4 is 10.9 Å². The van der Waals surface area contributed by atoms with Crippen LogP contribution in [0, 0.1) is 12.3 Å². The molecule has 2 aromatic rings. The molecule has 5 rings (SSSR count). The summed E-state index contributed by atoms with van der Waals surface area (Å²) in [7, 11) is 3.44. The third kappa shape index (κ3) is 1.98. The summed E-state index contributed by atoms with van der Waals surface area (Å²) in [5, 5.41) is 3.29. The lowest BCUT2D eigenvalue weighted by atomic mass is 9.37. The third-order valence-corrected chi connectivity index (χ3v) is 6.06. The maximum Gasteiger partial charge on any atom is 0.260 e. The minimum Gasteiger partial charge on any atom is -0.349 e. The van der Waals surface area contributed by atoms with Crippen molar-refractivity contribution < 1.29 is 13.6 Å². The largest absolute Gasteiger partial charge is 0.349 e. The Labute approximate surface area is 143 Å². The number of aryl methyl sites for hydroxylation is 3. The normalized spacial score (nSPS) is 27.8. The number of alkyl halides is 2. The van der Waals surface area contributed by atoms with Gasteiger partial charge in [-0.25, -0.2) is 8.78 Å². The lowest BCUT2D eigenvalue weighted by Crippen LogP contribution is -2.78.